The summed E-state index contributed by atoms with van der Waals surface area (Å²) in [5, 5.41) is 10.4. The highest BCUT2D eigenvalue weighted by atomic mass is 16.6. The molecule has 1 saturated heterocycles. The molecule has 1 saturated carbocycles. The van der Waals surface area contributed by atoms with Gasteiger partial charge in [0, 0.05) is 17.4 Å². The van der Waals surface area contributed by atoms with Crippen molar-refractivity contribution in [3.8, 4) is 0 Å². The summed E-state index contributed by atoms with van der Waals surface area (Å²) < 4.78 is 10.6. The van der Waals surface area contributed by atoms with Crippen LogP contribution in [0.2, 0.25) is 0 Å². The van der Waals surface area contributed by atoms with E-state index in [0.717, 1.165) is 17.6 Å². The number of aliphatic hydroxyl groups is 1. The van der Waals surface area contributed by atoms with Crippen LogP contribution >= 0.6 is 0 Å². The molecule has 5 heteroatoms. The molecule has 2 heterocycles. The molecule has 0 aromatic rings. The number of esters is 2. The summed E-state index contributed by atoms with van der Waals surface area (Å²) in [5.41, 5.74) is 0.652. The van der Waals surface area contributed by atoms with Gasteiger partial charge >= 0.3 is 11.9 Å². The molecule has 0 bridgehead atoms. The summed E-state index contributed by atoms with van der Waals surface area (Å²) in [6.45, 7) is 4.11. The van der Waals surface area contributed by atoms with Gasteiger partial charge in [-0.1, -0.05) is 6.92 Å². The Morgan fingerprint density at radius 2 is 2.10 bits per heavy atom. The van der Waals surface area contributed by atoms with Crippen molar-refractivity contribution in [2.75, 3.05) is 6.61 Å². The first-order valence-electron chi connectivity index (χ1n) is 7.36. The molecule has 5 nitrogen and oxygen atoms in total. The lowest BCUT2D eigenvalue weighted by Gasteiger charge is -2.53. The topological polar surface area (TPSA) is 72.8 Å². The monoisotopic (exact) mass is 290 g/mol. The lowest BCUT2D eigenvalue weighted by Crippen LogP contribution is -2.56. The van der Waals surface area contributed by atoms with Gasteiger partial charge in [-0.2, -0.15) is 0 Å². The van der Waals surface area contributed by atoms with Crippen LogP contribution in [0, 0.1) is 16.7 Å². The van der Waals surface area contributed by atoms with Gasteiger partial charge in [0.15, 0.2) is 0 Å². The second kappa shape index (κ2) is 3.77. The minimum atomic E-state index is -0.901. The third-order valence-electron chi connectivity index (χ3n) is 5.93. The zero-order valence-electron chi connectivity index (χ0n) is 12.1. The Balaban J connectivity index is 1.93. The molecule has 0 amide bonds. The lowest BCUT2D eigenvalue weighted by molar-refractivity contribution is -0.155. The van der Waals surface area contributed by atoms with Crippen molar-refractivity contribution in [2.45, 2.75) is 38.9 Å². The van der Waals surface area contributed by atoms with Crippen LogP contribution in [0.25, 0.3) is 0 Å². The number of carbonyl (C=O) groups excluding carboxylic acids is 2. The van der Waals surface area contributed by atoms with Crippen LogP contribution in [0.3, 0.4) is 0 Å². The number of hydrogen-bond acceptors (Lipinski definition) is 5. The van der Waals surface area contributed by atoms with Crippen molar-refractivity contribution < 1.29 is 24.2 Å². The Morgan fingerprint density at radius 3 is 2.86 bits per heavy atom. The van der Waals surface area contributed by atoms with Crippen molar-refractivity contribution >= 4 is 11.9 Å². The molecule has 0 radical (unpaired) electrons. The zero-order chi connectivity index (χ0) is 15.0. The zero-order valence-corrected chi connectivity index (χ0v) is 12.1. The maximum atomic E-state index is 12.4. The van der Waals surface area contributed by atoms with Crippen molar-refractivity contribution in [3.63, 3.8) is 0 Å². The molecule has 4 rings (SSSR count). The van der Waals surface area contributed by atoms with Crippen molar-refractivity contribution in [1.29, 1.82) is 0 Å². The molecule has 0 aromatic heterocycles. The smallest absolute Gasteiger partial charge is 0.331 e. The van der Waals surface area contributed by atoms with E-state index in [2.05, 4.69) is 6.92 Å². The second-order valence-corrected chi connectivity index (χ2v) is 6.96. The van der Waals surface area contributed by atoms with E-state index in [1.165, 1.54) is 0 Å². The van der Waals surface area contributed by atoms with Crippen LogP contribution in [-0.4, -0.2) is 35.9 Å². The van der Waals surface area contributed by atoms with Crippen molar-refractivity contribution in [2.24, 2.45) is 16.7 Å². The van der Waals surface area contributed by atoms with Gasteiger partial charge in [0.1, 0.15) is 12.7 Å². The summed E-state index contributed by atoms with van der Waals surface area (Å²) in [7, 11) is 0. The maximum absolute atomic E-state index is 12.4. The molecule has 112 valence electrons. The molecule has 2 aliphatic carbocycles. The van der Waals surface area contributed by atoms with Gasteiger partial charge in [-0.3, -0.25) is 4.79 Å². The van der Waals surface area contributed by atoms with Crippen LogP contribution in [0.5, 0.6) is 0 Å². The number of carbonyl (C=O) groups is 2. The van der Waals surface area contributed by atoms with Gasteiger partial charge in [-0.05, 0) is 37.0 Å². The first-order valence-corrected chi connectivity index (χ1v) is 7.36. The Kier molecular flexibility index (Phi) is 2.35. The molecule has 0 unspecified atom stereocenters. The van der Waals surface area contributed by atoms with Gasteiger partial charge < -0.3 is 14.6 Å². The second-order valence-electron chi connectivity index (χ2n) is 6.96. The first kappa shape index (κ1) is 13.1. The highest BCUT2D eigenvalue weighted by molar-refractivity contribution is 5.87. The largest absolute Gasteiger partial charge is 0.458 e. The molecule has 1 N–H and O–H groups in total. The van der Waals surface area contributed by atoms with Gasteiger partial charge in [0.25, 0.3) is 0 Å². The van der Waals surface area contributed by atoms with E-state index in [1.807, 2.05) is 6.08 Å². The Labute approximate surface area is 122 Å². The van der Waals surface area contributed by atoms with Gasteiger partial charge in [-0.25, -0.2) is 4.79 Å². The number of hydrogen-bond donors (Lipinski definition) is 1. The van der Waals surface area contributed by atoms with Crippen LogP contribution in [0.15, 0.2) is 23.3 Å². The summed E-state index contributed by atoms with van der Waals surface area (Å²) >= 11 is 0. The molecule has 2 fully saturated rings. The quantitative estimate of drug-likeness (QED) is 0.677. The molecule has 4 aliphatic rings. The van der Waals surface area contributed by atoms with E-state index < -0.39 is 11.5 Å². The van der Waals surface area contributed by atoms with E-state index in [9.17, 15) is 14.7 Å². The fourth-order valence-electron chi connectivity index (χ4n) is 4.83. The highest BCUT2D eigenvalue weighted by Crippen LogP contribution is 2.63. The van der Waals surface area contributed by atoms with Crippen LogP contribution in [-0.2, 0) is 19.1 Å². The minimum Gasteiger partial charge on any atom is -0.458 e. The normalized spacial score (nSPS) is 47.7. The number of rotatable bonds is 0. The molecular formula is C16H18O5. The molecular weight excluding hydrogens is 272 g/mol. The molecule has 0 aromatic carbocycles. The van der Waals surface area contributed by atoms with E-state index >= 15 is 0 Å². The average molecular weight is 290 g/mol. The highest BCUT2D eigenvalue weighted by Gasteiger charge is 2.68. The predicted octanol–water partition coefficient (Wildman–Crippen LogP) is 1.12. The van der Waals surface area contributed by atoms with Crippen LogP contribution in [0.4, 0.5) is 0 Å². The van der Waals surface area contributed by atoms with Crippen molar-refractivity contribution in [3.05, 3.63) is 23.3 Å². The number of ether oxygens (including phenoxy) is 2. The summed E-state index contributed by atoms with van der Waals surface area (Å²) in [5.74, 6) is -0.804. The first-order chi connectivity index (χ1) is 9.87. The maximum Gasteiger partial charge on any atom is 0.331 e. The van der Waals surface area contributed by atoms with Gasteiger partial charge in [-0.15, -0.1) is 0 Å². The Morgan fingerprint density at radius 1 is 1.33 bits per heavy atom. The van der Waals surface area contributed by atoms with Crippen LogP contribution in [0.1, 0.15) is 26.7 Å². The lowest BCUT2D eigenvalue weighted by atomic mass is 9.49. The summed E-state index contributed by atoms with van der Waals surface area (Å²) in [4.78, 5) is 24.0. The summed E-state index contributed by atoms with van der Waals surface area (Å²) in [6.07, 6.45) is 3.67. The molecule has 21 heavy (non-hydrogen) atoms. The third kappa shape index (κ3) is 1.40. The van der Waals surface area contributed by atoms with Gasteiger partial charge in [0.05, 0.1) is 11.5 Å². The molecule has 2 aliphatic heterocycles. The SMILES string of the molecule is C[C@]12C(=O)O[C@@H]3C=C4COC(=O)C=C4[C@@](C)(CC[C@H]1O)[C@H]32. The standard InChI is InChI=1S/C16H18O5/c1-15-4-3-11(17)16(2)13(15)10(21-14(16)19)5-8-7-20-12(18)6-9(8)15/h5-6,10-11,13,17H,3-4,7H2,1-2H3/t10-,11-,13+,15-,16+/m1/s1. The number of fused-ring (bicyclic) bond motifs is 2. The fraction of sp³-hybridized carbons (Fsp3) is 0.625. The number of cyclic esters (lactones) is 1. The number of aliphatic hydroxyl groups excluding tert-OH is 1. The van der Waals surface area contributed by atoms with Gasteiger partial charge in [0.2, 0.25) is 0 Å². The van der Waals surface area contributed by atoms with E-state index in [1.54, 1.807) is 13.0 Å². The fourth-order valence-corrected chi connectivity index (χ4v) is 4.83. The Bertz CT molecular complexity index is 618. The molecule has 5 atom stereocenters. The summed E-state index contributed by atoms with van der Waals surface area (Å²) in [6, 6.07) is 0. The third-order valence-corrected chi connectivity index (χ3v) is 5.93. The Hall–Kier alpha value is -1.62. The average Bonchev–Trinajstić information content (AvgIpc) is 2.70. The minimum absolute atomic E-state index is 0.137. The van der Waals surface area contributed by atoms with E-state index in [-0.39, 0.29) is 36.0 Å². The van der Waals surface area contributed by atoms with E-state index in [4.69, 9.17) is 9.47 Å². The van der Waals surface area contributed by atoms with Crippen LogP contribution < -0.4 is 0 Å². The van der Waals surface area contributed by atoms with Crippen molar-refractivity contribution in [1.82, 2.24) is 0 Å². The predicted molar refractivity (Wildman–Crippen MR) is 71.9 cm³/mol. The van der Waals surface area contributed by atoms with E-state index in [0.29, 0.717) is 6.42 Å². The molecule has 0 spiro atoms.